The molecule has 0 aliphatic carbocycles. The SMILES string of the molecule is CC(c1cnc(C(N)=O)c(-c2cscn2)c1-c1ncn[nH]1)C(F)(F)F. The van der Waals surface area contributed by atoms with E-state index in [1.807, 2.05) is 0 Å². The highest BCUT2D eigenvalue weighted by Gasteiger charge is 2.40. The number of alkyl halides is 3. The summed E-state index contributed by atoms with van der Waals surface area (Å²) in [5.41, 5.74) is 6.95. The van der Waals surface area contributed by atoms with Gasteiger partial charge < -0.3 is 5.73 Å². The summed E-state index contributed by atoms with van der Waals surface area (Å²) in [6, 6.07) is 0. The number of aromatic amines is 1. The second-order valence-corrected chi connectivity index (χ2v) is 5.87. The summed E-state index contributed by atoms with van der Waals surface area (Å²) in [6.45, 7) is 1.01. The molecule has 130 valence electrons. The van der Waals surface area contributed by atoms with Crippen LogP contribution in [0.1, 0.15) is 28.9 Å². The van der Waals surface area contributed by atoms with Crippen molar-refractivity contribution in [3.63, 3.8) is 0 Å². The van der Waals surface area contributed by atoms with Crippen molar-refractivity contribution in [2.24, 2.45) is 5.73 Å². The molecule has 0 aliphatic rings. The molecule has 0 aromatic carbocycles. The molecule has 0 saturated carbocycles. The van der Waals surface area contributed by atoms with E-state index in [9.17, 15) is 18.0 Å². The van der Waals surface area contributed by atoms with Gasteiger partial charge in [-0.25, -0.2) is 9.97 Å². The fourth-order valence-corrected chi connectivity index (χ4v) is 2.93. The van der Waals surface area contributed by atoms with Crippen molar-refractivity contribution in [1.29, 1.82) is 0 Å². The van der Waals surface area contributed by atoms with Crippen LogP contribution >= 0.6 is 11.3 Å². The molecule has 3 aromatic heterocycles. The molecular formula is C14H11F3N6OS. The van der Waals surface area contributed by atoms with Crippen molar-refractivity contribution >= 4 is 17.2 Å². The summed E-state index contributed by atoms with van der Waals surface area (Å²) in [4.78, 5) is 23.7. The number of thiazole rings is 1. The molecule has 0 radical (unpaired) electrons. The average molecular weight is 368 g/mol. The predicted octanol–water partition coefficient (Wildman–Crippen LogP) is 2.75. The molecule has 0 fully saturated rings. The lowest BCUT2D eigenvalue weighted by Gasteiger charge is -2.21. The summed E-state index contributed by atoms with van der Waals surface area (Å²) < 4.78 is 39.9. The van der Waals surface area contributed by atoms with Crippen molar-refractivity contribution < 1.29 is 18.0 Å². The summed E-state index contributed by atoms with van der Waals surface area (Å²) >= 11 is 1.22. The van der Waals surface area contributed by atoms with Gasteiger partial charge in [0, 0.05) is 22.7 Å². The number of rotatable bonds is 4. The van der Waals surface area contributed by atoms with Gasteiger partial charge >= 0.3 is 6.18 Å². The largest absolute Gasteiger partial charge is 0.395 e. The van der Waals surface area contributed by atoms with Gasteiger partial charge in [0.1, 0.15) is 12.0 Å². The quantitative estimate of drug-likeness (QED) is 0.736. The molecule has 1 unspecified atom stereocenters. The van der Waals surface area contributed by atoms with Crippen molar-refractivity contribution in [3.05, 3.63) is 34.7 Å². The van der Waals surface area contributed by atoms with E-state index in [0.29, 0.717) is 0 Å². The van der Waals surface area contributed by atoms with Gasteiger partial charge in [-0.15, -0.1) is 11.3 Å². The summed E-state index contributed by atoms with van der Waals surface area (Å²) in [5.74, 6) is -2.66. The maximum atomic E-state index is 13.3. The van der Waals surface area contributed by atoms with Gasteiger partial charge in [-0.3, -0.25) is 14.9 Å². The third-order valence-electron chi connectivity index (χ3n) is 3.64. The van der Waals surface area contributed by atoms with Crippen LogP contribution in [0.5, 0.6) is 0 Å². The lowest BCUT2D eigenvalue weighted by molar-refractivity contribution is -0.146. The first-order chi connectivity index (χ1) is 11.8. The molecule has 0 spiro atoms. The van der Waals surface area contributed by atoms with Gasteiger partial charge in [0.05, 0.1) is 17.1 Å². The molecule has 0 saturated heterocycles. The molecule has 11 heteroatoms. The Labute approximate surface area is 143 Å². The third kappa shape index (κ3) is 3.09. The fraction of sp³-hybridized carbons (Fsp3) is 0.214. The highest BCUT2D eigenvalue weighted by Crippen LogP contribution is 2.42. The second kappa shape index (κ2) is 6.24. The van der Waals surface area contributed by atoms with Gasteiger partial charge in [-0.1, -0.05) is 0 Å². The van der Waals surface area contributed by atoms with Gasteiger partial charge in [0.2, 0.25) is 0 Å². The van der Waals surface area contributed by atoms with E-state index < -0.39 is 18.0 Å². The number of halogens is 3. The number of pyridine rings is 1. The highest BCUT2D eigenvalue weighted by atomic mass is 32.1. The lowest BCUT2D eigenvalue weighted by atomic mass is 9.91. The van der Waals surface area contributed by atoms with E-state index in [4.69, 9.17) is 5.73 Å². The predicted molar refractivity (Wildman–Crippen MR) is 83.7 cm³/mol. The van der Waals surface area contributed by atoms with Crippen LogP contribution in [0.3, 0.4) is 0 Å². The van der Waals surface area contributed by atoms with Gasteiger partial charge in [0.25, 0.3) is 5.91 Å². The minimum atomic E-state index is -4.51. The van der Waals surface area contributed by atoms with E-state index >= 15 is 0 Å². The Morgan fingerprint density at radius 1 is 1.28 bits per heavy atom. The molecule has 3 aromatic rings. The van der Waals surface area contributed by atoms with Crippen molar-refractivity contribution in [3.8, 4) is 22.6 Å². The third-order valence-corrected chi connectivity index (χ3v) is 4.23. The van der Waals surface area contributed by atoms with Crippen molar-refractivity contribution in [2.45, 2.75) is 19.0 Å². The standard InChI is InChI=1S/C14H11F3N6OS/c1-6(14(15,16)17)7-2-19-11(12(18)24)10(8-3-25-5-21-8)9(7)13-20-4-22-23-13/h2-6H,1H3,(H2,18,24)(H,20,22,23). The molecule has 0 aliphatic heterocycles. The minimum absolute atomic E-state index is 0.0528. The van der Waals surface area contributed by atoms with Crippen LogP contribution in [0.15, 0.2) is 23.4 Å². The van der Waals surface area contributed by atoms with Crippen LogP contribution in [0.25, 0.3) is 22.6 Å². The maximum absolute atomic E-state index is 13.3. The zero-order valence-corrected chi connectivity index (χ0v) is 13.5. The molecule has 1 amide bonds. The zero-order valence-electron chi connectivity index (χ0n) is 12.7. The summed E-state index contributed by atoms with van der Waals surface area (Å²) in [7, 11) is 0. The van der Waals surface area contributed by atoms with E-state index in [-0.39, 0.29) is 33.9 Å². The Morgan fingerprint density at radius 2 is 2.04 bits per heavy atom. The Morgan fingerprint density at radius 3 is 2.56 bits per heavy atom. The first-order valence-electron chi connectivity index (χ1n) is 6.94. The number of amides is 1. The molecule has 7 nitrogen and oxygen atoms in total. The first kappa shape index (κ1) is 17.0. The van der Waals surface area contributed by atoms with Gasteiger partial charge in [-0.05, 0) is 12.5 Å². The van der Waals surface area contributed by atoms with Gasteiger partial charge in [0.15, 0.2) is 5.82 Å². The average Bonchev–Trinajstić information content (AvgIpc) is 3.24. The van der Waals surface area contributed by atoms with E-state index in [2.05, 4.69) is 25.1 Å². The normalized spacial score (nSPS) is 13.0. The molecule has 1 atom stereocenters. The number of aromatic nitrogens is 5. The molecule has 25 heavy (non-hydrogen) atoms. The molecule has 3 heterocycles. The zero-order chi connectivity index (χ0) is 18.2. The maximum Gasteiger partial charge on any atom is 0.395 e. The Balaban J connectivity index is 2.39. The number of carbonyl (C=O) groups is 1. The monoisotopic (exact) mass is 368 g/mol. The highest BCUT2D eigenvalue weighted by molar-refractivity contribution is 7.07. The molecule has 0 bridgehead atoms. The van der Waals surface area contributed by atoms with Crippen LogP contribution in [0.2, 0.25) is 0 Å². The van der Waals surface area contributed by atoms with E-state index in [0.717, 1.165) is 19.4 Å². The van der Waals surface area contributed by atoms with Gasteiger partial charge in [-0.2, -0.15) is 18.3 Å². The Hall–Kier alpha value is -2.82. The number of nitrogens with two attached hydrogens (primary N) is 1. The Bertz CT molecular complexity index is 892. The first-order valence-corrected chi connectivity index (χ1v) is 7.88. The molecule has 3 N–H and O–H groups in total. The number of hydrogen-bond donors (Lipinski definition) is 2. The van der Waals surface area contributed by atoms with Crippen LogP contribution in [-0.4, -0.2) is 37.2 Å². The Kier molecular flexibility index (Phi) is 4.25. The summed E-state index contributed by atoms with van der Waals surface area (Å²) in [6.07, 6.45) is -2.36. The minimum Gasteiger partial charge on any atom is -0.364 e. The lowest BCUT2D eigenvalue weighted by Crippen LogP contribution is -2.21. The number of H-pyrrole nitrogens is 1. The number of primary amides is 1. The molecule has 3 rings (SSSR count). The van der Waals surface area contributed by atoms with Crippen molar-refractivity contribution in [1.82, 2.24) is 25.1 Å². The van der Waals surface area contributed by atoms with Crippen LogP contribution in [0, 0.1) is 0 Å². The summed E-state index contributed by atoms with van der Waals surface area (Å²) in [5, 5.41) is 7.81. The fourth-order valence-electron chi connectivity index (χ4n) is 2.38. The van der Waals surface area contributed by atoms with Crippen molar-refractivity contribution in [2.75, 3.05) is 0 Å². The second-order valence-electron chi connectivity index (χ2n) is 5.15. The number of nitrogens with one attached hydrogen (secondary N) is 1. The van der Waals surface area contributed by atoms with Crippen LogP contribution in [0.4, 0.5) is 13.2 Å². The number of hydrogen-bond acceptors (Lipinski definition) is 6. The number of carbonyl (C=O) groups excluding carboxylic acids is 1. The number of nitrogens with zero attached hydrogens (tertiary/aromatic N) is 4. The molecular weight excluding hydrogens is 357 g/mol. The topological polar surface area (TPSA) is 110 Å². The van der Waals surface area contributed by atoms with Crippen LogP contribution in [-0.2, 0) is 0 Å². The van der Waals surface area contributed by atoms with E-state index in [1.54, 1.807) is 5.38 Å². The van der Waals surface area contributed by atoms with E-state index in [1.165, 1.54) is 16.8 Å². The smallest absolute Gasteiger partial charge is 0.364 e. The van der Waals surface area contributed by atoms with Crippen LogP contribution < -0.4 is 5.73 Å².